The highest BCUT2D eigenvalue weighted by atomic mass is 127. The summed E-state index contributed by atoms with van der Waals surface area (Å²) in [6, 6.07) is 0.655. The number of nitrogens with one attached hydrogen (secondary N) is 1. The van der Waals surface area contributed by atoms with E-state index < -0.39 is 0 Å². The van der Waals surface area contributed by atoms with Crippen LogP contribution in [0.1, 0.15) is 38.5 Å². The van der Waals surface area contributed by atoms with E-state index in [0.29, 0.717) is 12.0 Å². The van der Waals surface area contributed by atoms with Crippen LogP contribution < -0.4 is 11.1 Å². The summed E-state index contributed by atoms with van der Waals surface area (Å²) in [7, 11) is 0. The molecule has 0 bridgehead atoms. The zero-order valence-electron chi connectivity index (χ0n) is 9.69. The van der Waals surface area contributed by atoms with Gasteiger partial charge in [0.1, 0.15) is 0 Å². The molecule has 3 aliphatic carbocycles. The van der Waals surface area contributed by atoms with E-state index in [4.69, 9.17) is 5.73 Å². The van der Waals surface area contributed by atoms with Crippen LogP contribution in [0.25, 0.3) is 0 Å². The van der Waals surface area contributed by atoms with Gasteiger partial charge in [-0.25, -0.2) is 0 Å². The Bertz CT molecular complexity index is 271. The quantitative estimate of drug-likeness (QED) is 0.470. The van der Waals surface area contributed by atoms with Crippen molar-refractivity contribution in [2.45, 2.75) is 44.6 Å². The van der Waals surface area contributed by atoms with Gasteiger partial charge in [0, 0.05) is 12.6 Å². The summed E-state index contributed by atoms with van der Waals surface area (Å²) >= 11 is 0. The summed E-state index contributed by atoms with van der Waals surface area (Å²) < 4.78 is 0. The molecule has 0 saturated heterocycles. The number of hydrogen-bond acceptors (Lipinski definition) is 1. The largest absolute Gasteiger partial charge is 0.370 e. The van der Waals surface area contributed by atoms with Crippen LogP contribution in [0, 0.1) is 17.8 Å². The van der Waals surface area contributed by atoms with Crippen molar-refractivity contribution < 1.29 is 0 Å². The Balaban J connectivity index is 0.000000963. The van der Waals surface area contributed by atoms with E-state index in [9.17, 15) is 0 Å². The minimum Gasteiger partial charge on any atom is -0.370 e. The average molecular weight is 335 g/mol. The van der Waals surface area contributed by atoms with Crippen LogP contribution in [0.2, 0.25) is 0 Å². The maximum Gasteiger partial charge on any atom is 0.188 e. The third kappa shape index (κ3) is 3.02. The molecule has 92 valence electrons. The Morgan fingerprint density at radius 1 is 1.25 bits per heavy atom. The van der Waals surface area contributed by atoms with Crippen LogP contribution >= 0.6 is 24.0 Å². The molecule has 3 fully saturated rings. The first-order chi connectivity index (χ1) is 7.33. The minimum absolute atomic E-state index is 0. The molecule has 0 aromatic carbocycles. The van der Waals surface area contributed by atoms with Gasteiger partial charge in [-0.2, -0.15) is 0 Å². The van der Waals surface area contributed by atoms with Crippen molar-refractivity contribution in [3.05, 3.63) is 0 Å². The molecule has 0 aromatic rings. The first-order valence-corrected chi connectivity index (χ1v) is 6.39. The molecule has 3 rings (SSSR count). The lowest BCUT2D eigenvalue weighted by Gasteiger charge is -2.23. The fourth-order valence-electron chi connectivity index (χ4n) is 2.56. The predicted octanol–water partition coefficient (Wildman–Crippen LogP) is 2.11. The second-order valence-electron chi connectivity index (χ2n) is 5.51. The predicted molar refractivity (Wildman–Crippen MR) is 77.0 cm³/mol. The van der Waals surface area contributed by atoms with Crippen molar-refractivity contribution in [2.24, 2.45) is 28.5 Å². The van der Waals surface area contributed by atoms with E-state index in [-0.39, 0.29) is 24.0 Å². The summed E-state index contributed by atoms with van der Waals surface area (Å²) in [5.74, 6) is 3.45. The number of nitrogens with zero attached hydrogens (tertiary/aromatic N) is 1. The van der Waals surface area contributed by atoms with Crippen molar-refractivity contribution in [1.29, 1.82) is 0 Å². The molecule has 3 nitrogen and oxygen atoms in total. The zero-order valence-corrected chi connectivity index (χ0v) is 12.0. The van der Waals surface area contributed by atoms with E-state index >= 15 is 0 Å². The molecule has 2 atom stereocenters. The number of rotatable bonds is 4. The molecule has 0 radical (unpaired) electrons. The molecular formula is C12H22IN3. The number of guanidine groups is 1. The smallest absolute Gasteiger partial charge is 0.188 e. The molecule has 0 heterocycles. The lowest BCUT2D eigenvalue weighted by molar-refractivity contribution is 0.326. The standard InChI is InChI=1S/C12H21N3.HI/c13-12(14-7-8-2-1-3-8)15-11-6-10(11)9-4-5-9;/h8-11H,1-7H2,(H3,13,14,15);1H/t10-,11+;/m0./s1. The van der Waals surface area contributed by atoms with E-state index in [2.05, 4.69) is 10.3 Å². The molecule has 0 spiro atoms. The van der Waals surface area contributed by atoms with E-state index in [1.807, 2.05) is 0 Å². The van der Waals surface area contributed by atoms with E-state index in [0.717, 1.165) is 24.3 Å². The van der Waals surface area contributed by atoms with Crippen LogP contribution in [0.3, 0.4) is 0 Å². The van der Waals surface area contributed by atoms with E-state index in [1.165, 1.54) is 38.5 Å². The second kappa shape index (κ2) is 5.10. The zero-order chi connectivity index (χ0) is 10.3. The Morgan fingerprint density at radius 2 is 2.00 bits per heavy atom. The van der Waals surface area contributed by atoms with Crippen molar-refractivity contribution in [2.75, 3.05) is 6.54 Å². The Morgan fingerprint density at radius 3 is 2.56 bits per heavy atom. The van der Waals surface area contributed by atoms with Crippen LogP contribution in [0.4, 0.5) is 0 Å². The molecule has 0 amide bonds. The molecule has 4 heteroatoms. The van der Waals surface area contributed by atoms with Crippen LogP contribution in [-0.4, -0.2) is 18.5 Å². The summed E-state index contributed by atoms with van der Waals surface area (Å²) in [6.45, 7) is 0.944. The summed E-state index contributed by atoms with van der Waals surface area (Å²) in [5, 5.41) is 3.36. The van der Waals surface area contributed by atoms with E-state index in [1.54, 1.807) is 0 Å². The van der Waals surface area contributed by atoms with Crippen molar-refractivity contribution in [1.82, 2.24) is 5.32 Å². The molecule has 3 saturated carbocycles. The van der Waals surface area contributed by atoms with Crippen LogP contribution in [0.5, 0.6) is 0 Å². The van der Waals surface area contributed by atoms with Gasteiger partial charge in [0.25, 0.3) is 0 Å². The molecule has 3 aliphatic rings. The summed E-state index contributed by atoms with van der Waals surface area (Å²) in [5.41, 5.74) is 5.86. The Kier molecular flexibility index (Phi) is 3.97. The highest BCUT2D eigenvalue weighted by Crippen LogP contribution is 2.49. The van der Waals surface area contributed by atoms with Gasteiger partial charge >= 0.3 is 0 Å². The number of halogens is 1. The Hall–Kier alpha value is 0. The monoisotopic (exact) mass is 335 g/mol. The lowest BCUT2D eigenvalue weighted by Crippen LogP contribution is -2.35. The number of nitrogens with two attached hydrogens (primary N) is 1. The molecule has 3 N–H and O–H groups in total. The third-order valence-electron chi connectivity index (χ3n) is 4.15. The third-order valence-corrected chi connectivity index (χ3v) is 4.15. The fraction of sp³-hybridized carbons (Fsp3) is 0.917. The van der Waals surface area contributed by atoms with Crippen LogP contribution in [0.15, 0.2) is 4.99 Å². The first-order valence-electron chi connectivity index (χ1n) is 6.39. The highest BCUT2D eigenvalue weighted by molar-refractivity contribution is 14.0. The minimum atomic E-state index is 0. The van der Waals surface area contributed by atoms with Crippen molar-refractivity contribution >= 4 is 29.9 Å². The summed E-state index contributed by atoms with van der Waals surface area (Å²) in [4.78, 5) is 4.42. The topological polar surface area (TPSA) is 50.4 Å². The van der Waals surface area contributed by atoms with Gasteiger partial charge in [0.05, 0.1) is 0 Å². The lowest BCUT2D eigenvalue weighted by atomic mass is 9.86. The maximum absolute atomic E-state index is 5.86. The molecule has 16 heavy (non-hydrogen) atoms. The highest BCUT2D eigenvalue weighted by Gasteiger charge is 2.47. The SMILES string of the molecule is I.NC(=NCC1CCC1)N[C@@H]1C[C@H]1C1CC1. The van der Waals surface area contributed by atoms with Gasteiger partial charge in [0.2, 0.25) is 0 Å². The van der Waals surface area contributed by atoms with Crippen molar-refractivity contribution in [3.63, 3.8) is 0 Å². The fourth-order valence-corrected chi connectivity index (χ4v) is 2.56. The second-order valence-corrected chi connectivity index (χ2v) is 5.51. The Labute approximate surface area is 115 Å². The normalized spacial score (nSPS) is 33.9. The van der Waals surface area contributed by atoms with Gasteiger partial charge in [-0.1, -0.05) is 6.42 Å². The number of hydrogen-bond donors (Lipinski definition) is 2. The molecule has 0 unspecified atom stereocenters. The van der Waals surface area contributed by atoms with Gasteiger partial charge in [-0.3, -0.25) is 4.99 Å². The van der Waals surface area contributed by atoms with Crippen LogP contribution in [-0.2, 0) is 0 Å². The van der Waals surface area contributed by atoms with Crippen molar-refractivity contribution in [3.8, 4) is 0 Å². The number of aliphatic imine (C=N–C) groups is 1. The molecule has 0 aliphatic heterocycles. The van der Waals surface area contributed by atoms with Gasteiger partial charge < -0.3 is 11.1 Å². The molecule has 0 aromatic heterocycles. The van der Waals surface area contributed by atoms with Gasteiger partial charge in [-0.05, 0) is 49.9 Å². The maximum atomic E-state index is 5.86. The summed E-state index contributed by atoms with van der Waals surface area (Å²) in [6.07, 6.45) is 8.31. The van der Waals surface area contributed by atoms with Gasteiger partial charge in [0.15, 0.2) is 5.96 Å². The average Bonchev–Trinajstić information content (AvgIpc) is 2.93. The first kappa shape index (κ1) is 12.5. The van der Waals surface area contributed by atoms with Gasteiger partial charge in [-0.15, -0.1) is 24.0 Å². The molecular weight excluding hydrogens is 313 g/mol.